The fourth-order valence-electron chi connectivity index (χ4n) is 4.14. The Hall–Kier alpha value is -2.47. The van der Waals surface area contributed by atoms with E-state index in [2.05, 4.69) is 73.2 Å². The summed E-state index contributed by atoms with van der Waals surface area (Å²) in [5, 5.41) is 15.4. The molecule has 0 spiro atoms. The molecule has 9 nitrogen and oxygen atoms in total. The second-order valence-electron chi connectivity index (χ2n) is 7.97. The molecule has 1 unspecified atom stereocenters. The van der Waals surface area contributed by atoms with Gasteiger partial charge in [-0.15, -0.1) is 24.0 Å². The van der Waals surface area contributed by atoms with E-state index in [1.165, 1.54) is 18.4 Å². The summed E-state index contributed by atoms with van der Waals surface area (Å²) in [6, 6.07) is 11.0. The van der Waals surface area contributed by atoms with Crippen molar-refractivity contribution < 1.29 is 0 Å². The highest BCUT2D eigenvalue weighted by atomic mass is 127. The number of halogens is 1. The Bertz CT molecular complexity index is 1020. The summed E-state index contributed by atoms with van der Waals surface area (Å²) < 4.78 is 1.75. The molecule has 3 aromatic rings. The van der Waals surface area contributed by atoms with Crippen LogP contribution in [0.2, 0.25) is 0 Å². The molecule has 33 heavy (non-hydrogen) atoms. The van der Waals surface area contributed by atoms with Gasteiger partial charge in [0, 0.05) is 26.7 Å². The number of aromatic nitrogens is 4. The molecule has 0 bridgehead atoms. The van der Waals surface area contributed by atoms with Crippen molar-refractivity contribution in [2.24, 2.45) is 12.0 Å². The number of rotatable bonds is 9. The van der Waals surface area contributed by atoms with Crippen molar-refractivity contribution in [1.82, 2.24) is 35.3 Å². The van der Waals surface area contributed by atoms with Gasteiger partial charge in [0.05, 0.1) is 24.2 Å². The van der Waals surface area contributed by atoms with E-state index >= 15 is 0 Å². The monoisotopic (exact) mass is 563 g/mol. The Morgan fingerprint density at radius 3 is 2.64 bits per heavy atom. The molecule has 4 rings (SSSR count). The quantitative estimate of drug-likeness (QED) is 0.160. The van der Waals surface area contributed by atoms with Crippen LogP contribution in [0.1, 0.15) is 31.4 Å². The van der Waals surface area contributed by atoms with Crippen LogP contribution in [-0.2, 0) is 7.05 Å². The zero-order chi connectivity index (χ0) is 22.2. The van der Waals surface area contributed by atoms with Crippen molar-refractivity contribution in [3.05, 3.63) is 48.4 Å². The van der Waals surface area contributed by atoms with Crippen molar-refractivity contribution in [1.29, 1.82) is 0 Å². The summed E-state index contributed by atoms with van der Waals surface area (Å²) in [6.45, 7) is 7.35. The maximum Gasteiger partial charge on any atom is 0.191 e. The molecule has 178 valence electrons. The normalized spacial score (nSPS) is 15.3. The average molecular weight is 563 g/mol. The highest BCUT2D eigenvalue weighted by molar-refractivity contribution is 14.0. The third-order valence-electron chi connectivity index (χ3n) is 5.77. The van der Waals surface area contributed by atoms with Gasteiger partial charge in [0.2, 0.25) is 0 Å². The van der Waals surface area contributed by atoms with Gasteiger partial charge >= 0.3 is 0 Å². The van der Waals surface area contributed by atoms with Gasteiger partial charge in [-0.1, -0.05) is 30.3 Å². The van der Waals surface area contributed by atoms with Gasteiger partial charge in [-0.05, 0) is 38.4 Å². The zero-order valence-corrected chi connectivity index (χ0v) is 21.7. The van der Waals surface area contributed by atoms with Crippen LogP contribution in [0.5, 0.6) is 0 Å². The number of hydrogen-bond donors (Lipinski definition) is 3. The van der Waals surface area contributed by atoms with E-state index in [1.54, 1.807) is 17.2 Å². The lowest BCUT2D eigenvalue weighted by Crippen LogP contribution is -2.40. The van der Waals surface area contributed by atoms with Crippen LogP contribution in [0.4, 0.5) is 5.82 Å². The smallest absolute Gasteiger partial charge is 0.191 e. The number of aryl methyl sites for hydroxylation is 1. The Balaban J connectivity index is 0.00000306. The minimum absolute atomic E-state index is 0. The molecular weight excluding hydrogens is 529 g/mol. The van der Waals surface area contributed by atoms with E-state index in [-0.39, 0.29) is 24.0 Å². The number of nitrogens with zero attached hydrogens (tertiary/aromatic N) is 6. The van der Waals surface area contributed by atoms with Gasteiger partial charge in [-0.25, -0.2) is 9.97 Å². The van der Waals surface area contributed by atoms with E-state index in [0.717, 1.165) is 55.5 Å². The maximum absolute atomic E-state index is 4.92. The van der Waals surface area contributed by atoms with E-state index in [9.17, 15) is 0 Å². The van der Waals surface area contributed by atoms with Gasteiger partial charge in [0.1, 0.15) is 12.1 Å². The minimum Gasteiger partial charge on any atom is -0.368 e. The van der Waals surface area contributed by atoms with E-state index in [4.69, 9.17) is 4.99 Å². The molecule has 3 heterocycles. The summed E-state index contributed by atoms with van der Waals surface area (Å²) in [7, 11) is 1.88. The van der Waals surface area contributed by atoms with E-state index in [0.29, 0.717) is 12.6 Å². The SMILES string of the molecule is CCNC(=NCC(c1ccccc1)N1CCCC1)NCCNc1ncnc2c1cnn2C.I. The van der Waals surface area contributed by atoms with Crippen molar-refractivity contribution >= 4 is 46.8 Å². The molecule has 1 fully saturated rings. The first-order valence-electron chi connectivity index (χ1n) is 11.4. The molecule has 1 aliphatic rings. The van der Waals surface area contributed by atoms with Crippen LogP contribution in [0, 0.1) is 0 Å². The largest absolute Gasteiger partial charge is 0.368 e. The van der Waals surface area contributed by atoms with Gasteiger partial charge in [-0.2, -0.15) is 5.10 Å². The van der Waals surface area contributed by atoms with Gasteiger partial charge in [0.15, 0.2) is 11.6 Å². The second-order valence-corrected chi connectivity index (χ2v) is 7.97. The molecule has 2 aromatic heterocycles. The minimum atomic E-state index is 0. The molecule has 1 aliphatic heterocycles. The Kier molecular flexibility index (Phi) is 9.67. The van der Waals surface area contributed by atoms with E-state index in [1.807, 2.05) is 7.05 Å². The van der Waals surface area contributed by atoms with Crippen LogP contribution in [-0.4, -0.2) is 69.9 Å². The number of guanidine groups is 1. The first-order chi connectivity index (χ1) is 15.8. The van der Waals surface area contributed by atoms with Crippen LogP contribution in [0.3, 0.4) is 0 Å². The standard InChI is InChI=1S/C23H33N9.HI/c1-3-24-23(26-12-11-25-21-19-15-30-31(2)22(19)29-17-28-21)27-16-20(32-13-7-8-14-32)18-9-5-4-6-10-18;/h4-6,9-10,15,17,20H,3,7-8,11-14,16H2,1-2H3,(H2,24,26,27)(H,25,28,29);1H. The maximum atomic E-state index is 4.92. The summed E-state index contributed by atoms with van der Waals surface area (Å²) in [5.74, 6) is 1.63. The molecule has 0 amide bonds. The van der Waals surface area contributed by atoms with Crippen LogP contribution in [0.25, 0.3) is 11.0 Å². The predicted octanol–water partition coefficient (Wildman–Crippen LogP) is 2.79. The Morgan fingerprint density at radius 1 is 1.09 bits per heavy atom. The van der Waals surface area contributed by atoms with Crippen LogP contribution < -0.4 is 16.0 Å². The topological polar surface area (TPSA) is 95.3 Å². The first kappa shape index (κ1) is 25.2. The van der Waals surface area contributed by atoms with Crippen molar-refractivity contribution in [2.75, 3.05) is 44.6 Å². The number of likely N-dealkylation sites (tertiary alicyclic amines) is 1. The molecule has 10 heteroatoms. The third-order valence-corrected chi connectivity index (χ3v) is 5.77. The van der Waals surface area contributed by atoms with Gasteiger partial charge in [-0.3, -0.25) is 14.6 Å². The Morgan fingerprint density at radius 2 is 1.88 bits per heavy atom. The highest BCUT2D eigenvalue weighted by Gasteiger charge is 2.23. The van der Waals surface area contributed by atoms with Crippen LogP contribution >= 0.6 is 24.0 Å². The lowest BCUT2D eigenvalue weighted by molar-refractivity contribution is 0.251. The number of hydrogen-bond acceptors (Lipinski definition) is 6. The zero-order valence-electron chi connectivity index (χ0n) is 19.4. The van der Waals surface area contributed by atoms with Gasteiger partial charge in [0.25, 0.3) is 0 Å². The fraction of sp³-hybridized carbons (Fsp3) is 0.478. The number of aliphatic imine (C=N–C) groups is 1. The number of benzene rings is 1. The number of anilines is 1. The molecule has 1 aromatic carbocycles. The first-order valence-corrected chi connectivity index (χ1v) is 11.4. The van der Waals surface area contributed by atoms with Gasteiger partial charge < -0.3 is 16.0 Å². The summed E-state index contributed by atoms with van der Waals surface area (Å²) >= 11 is 0. The lowest BCUT2D eigenvalue weighted by Gasteiger charge is -2.27. The third kappa shape index (κ3) is 6.53. The molecule has 0 radical (unpaired) electrons. The predicted molar refractivity (Wildman–Crippen MR) is 144 cm³/mol. The molecule has 0 aliphatic carbocycles. The number of fused-ring (bicyclic) bond motifs is 1. The lowest BCUT2D eigenvalue weighted by atomic mass is 10.1. The van der Waals surface area contributed by atoms with Crippen molar-refractivity contribution in [3.63, 3.8) is 0 Å². The molecule has 1 atom stereocenters. The molecule has 1 saturated heterocycles. The van der Waals surface area contributed by atoms with Crippen molar-refractivity contribution in [3.8, 4) is 0 Å². The average Bonchev–Trinajstić information content (AvgIpc) is 3.48. The summed E-state index contributed by atoms with van der Waals surface area (Å²) in [5.41, 5.74) is 2.15. The fourth-order valence-corrected chi connectivity index (χ4v) is 4.14. The molecular formula is C23H34IN9. The summed E-state index contributed by atoms with van der Waals surface area (Å²) in [6.07, 6.45) is 5.89. The highest BCUT2D eigenvalue weighted by Crippen LogP contribution is 2.25. The van der Waals surface area contributed by atoms with Crippen LogP contribution in [0.15, 0.2) is 47.8 Å². The number of nitrogens with one attached hydrogen (secondary N) is 3. The van der Waals surface area contributed by atoms with Crippen molar-refractivity contribution in [2.45, 2.75) is 25.8 Å². The molecule has 3 N–H and O–H groups in total. The second kappa shape index (κ2) is 12.7. The summed E-state index contributed by atoms with van der Waals surface area (Å²) in [4.78, 5) is 16.1. The Labute approximate surface area is 212 Å². The molecule has 0 saturated carbocycles. The van der Waals surface area contributed by atoms with E-state index < -0.39 is 0 Å².